The second-order valence-corrected chi connectivity index (χ2v) is 18.8. The zero-order valence-corrected chi connectivity index (χ0v) is 59.1. The number of aryl methyl sites for hydroxylation is 14. The molecule has 0 unspecified atom stereocenters. The van der Waals surface area contributed by atoms with E-state index in [9.17, 15) is 0 Å². The van der Waals surface area contributed by atoms with E-state index in [-0.39, 0.29) is 0 Å². The van der Waals surface area contributed by atoms with Crippen LogP contribution in [0.25, 0.3) is 43.1 Å². The Morgan fingerprint density at radius 3 is 0.802 bits per heavy atom. The van der Waals surface area contributed by atoms with Gasteiger partial charge >= 0.3 is 0 Å². The first kappa shape index (κ1) is 82.3. The first-order chi connectivity index (χ1) is 41.4. The van der Waals surface area contributed by atoms with Gasteiger partial charge in [0.15, 0.2) is 0 Å². The SMILES string of the molecule is CC.CC.CC.CC.CC.CC.CC.Cc1c2ccccc2c(C)c2ccccc12.Cc1ccc(C)nc1.Cc1ccc(C)nc1.Cc1ccc2cc3cc(C)ccc3cc2c1.Cc1cccc(C)n1.Cc1ccnc(C)c1.Cc1cncc(C)c1. The van der Waals surface area contributed by atoms with E-state index >= 15 is 0 Å². The number of hydrogen-bond donors (Lipinski definition) is 0. The fraction of sp³-hybridized carbons (Fsp3) is 0.346. The van der Waals surface area contributed by atoms with Gasteiger partial charge in [0, 0.05) is 59.5 Å². The number of hydrogen-bond acceptors (Lipinski definition) is 5. The molecule has 0 spiro atoms. The van der Waals surface area contributed by atoms with E-state index in [1.807, 2.05) is 227 Å². The Morgan fingerprint density at radius 2 is 0.558 bits per heavy atom. The highest BCUT2D eigenvalue weighted by atomic mass is 14.7. The second-order valence-electron chi connectivity index (χ2n) is 18.8. The van der Waals surface area contributed by atoms with E-state index in [0.29, 0.717) is 0 Å². The highest BCUT2D eigenvalue weighted by Gasteiger charge is 2.07. The van der Waals surface area contributed by atoms with Crippen LogP contribution in [-0.2, 0) is 0 Å². The molecule has 5 heterocycles. The molecule has 11 aromatic rings. The summed E-state index contributed by atoms with van der Waals surface area (Å²) in [5.41, 5.74) is 17.0. The normalized spacial score (nSPS) is 8.93. The molecule has 0 aliphatic carbocycles. The van der Waals surface area contributed by atoms with E-state index in [1.165, 1.54) is 93.2 Å². The summed E-state index contributed by atoms with van der Waals surface area (Å²) in [5.74, 6) is 0. The molecule has 86 heavy (non-hydrogen) atoms. The topological polar surface area (TPSA) is 64.5 Å². The molecular formula is C81H115N5. The number of aromatic nitrogens is 5. The lowest BCUT2D eigenvalue weighted by Gasteiger charge is -2.11. The van der Waals surface area contributed by atoms with Crippen molar-refractivity contribution < 1.29 is 0 Å². The predicted octanol–water partition coefficient (Wildman–Crippen LogP) is 24.9. The zero-order valence-electron chi connectivity index (χ0n) is 59.1. The summed E-state index contributed by atoms with van der Waals surface area (Å²) in [5, 5.41) is 10.8. The summed E-state index contributed by atoms with van der Waals surface area (Å²) in [4.78, 5) is 20.4. The first-order valence-corrected chi connectivity index (χ1v) is 31.7. The van der Waals surface area contributed by atoms with Crippen molar-refractivity contribution in [1.29, 1.82) is 0 Å². The Bertz CT molecular complexity index is 3030. The van der Waals surface area contributed by atoms with Crippen LogP contribution in [0.4, 0.5) is 0 Å². The molecule has 0 fully saturated rings. The maximum absolute atomic E-state index is 4.17. The maximum atomic E-state index is 4.17. The molecule has 6 aromatic carbocycles. The van der Waals surface area contributed by atoms with E-state index in [2.05, 4.69) is 181 Å². The van der Waals surface area contributed by atoms with Gasteiger partial charge in [0.25, 0.3) is 0 Å². The van der Waals surface area contributed by atoms with E-state index in [4.69, 9.17) is 0 Å². The average Bonchev–Trinajstić information content (AvgIpc) is 1.42. The quantitative estimate of drug-likeness (QED) is 0.142. The van der Waals surface area contributed by atoms with Gasteiger partial charge in [-0.15, -0.1) is 0 Å². The number of pyridine rings is 5. The molecule has 5 nitrogen and oxygen atoms in total. The minimum Gasteiger partial charge on any atom is -0.264 e. The van der Waals surface area contributed by atoms with Gasteiger partial charge in [-0.25, -0.2) is 0 Å². The fourth-order valence-corrected chi connectivity index (χ4v) is 7.96. The predicted molar refractivity (Wildman–Crippen MR) is 390 cm³/mol. The van der Waals surface area contributed by atoms with Gasteiger partial charge in [0.1, 0.15) is 0 Å². The molecular weight excluding hydrogens is 1040 g/mol. The van der Waals surface area contributed by atoms with Crippen LogP contribution < -0.4 is 0 Å². The van der Waals surface area contributed by atoms with Gasteiger partial charge in [-0.2, -0.15) is 0 Å². The molecule has 0 saturated heterocycles. The lowest BCUT2D eigenvalue weighted by molar-refractivity contribution is 1.12. The summed E-state index contributed by atoms with van der Waals surface area (Å²) in [7, 11) is 0. The zero-order chi connectivity index (χ0) is 66.2. The Balaban J connectivity index is -0.000000922. The number of fused-ring (bicyclic) bond motifs is 4. The number of rotatable bonds is 0. The van der Waals surface area contributed by atoms with Crippen LogP contribution in [0.1, 0.15) is 175 Å². The van der Waals surface area contributed by atoms with Gasteiger partial charge in [0.05, 0.1) is 0 Å². The van der Waals surface area contributed by atoms with Crippen molar-refractivity contribution in [2.45, 2.75) is 194 Å². The molecule has 0 aliphatic rings. The minimum atomic E-state index is 1.08. The molecule has 0 atom stereocenters. The molecule has 464 valence electrons. The van der Waals surface area contributed by atoms with Crippen molar-refractivity contribution in [3.8, 4) is 0 Å². The highest BCUT2D eigenvalue weighted by molar-refractivity contribution is 6.05. The monoisotopic (exact) mass is 1160 g/mol. The largest absolute Gasteiger partial charge is 0.264 e. The molecule has 11 rings (SSSR count). The molecule has 0 bridgehead atoms. The lowest BCUT2D eigenvalue weighted by atomic mass is 9.93. The van der Waals surface area contributed by atoms with Crippen LogP contribution in [0.3, 0.4) is 0 Å². The molecule has 5 heteroatoms. The van der Waals surface area contributed by atoms with Crippen molar-refractivity contribution in [2.24, 2.45) is 0 Å². The second kappa shape index (κ2) is 50.4. The van der Waals surface area contributed by atoms with Gasteiger partial charge < -0.3 is 0 Å². The van der Waals surface area contributed by atoms with Crippen molar-refractivity contribution in [3.63, 3.8) is 0 Å². The summed E-state index contributed by atoms with van der Waals surface area (Å²) in [6, 6.07) is 55.4. The van der Waals surface area contributed by atoms with Crippen LogP contribution in [0.15, 0.2) is 189 Å². The van der Waals surface area contributed by atoms with E-state index in [1.54, 1.807) is 0 Å². The summed E-state index contributed by atoms with van der Waals surface area (Å²) in [6.07, 6.45) is 9.27. The molecule has 5 aromatic heterocycles. The molecule has 0 aliphatic heterocycles. The van der Waals surface area contributed by atoms with Gasteiger partial charge in [0.2, 0.25) is 0 Å². The Morgan fingerprint density at radius 1 is 0.221 bits per heavy atom. The molecule has 0 amide bonds. The van der Waals surface area contributed by atoms with E-state index in [0.717, 1.165) is 28.5 Å². The van der Waals surface area contributed by atoms with Crippen molar-refractivity contribution in [2.75, 3.05) is 0 Å². The van der Waals surface area contributed by atoms with Gasteiger partial charge in [-0.1, -0.05) is 217 Å². The van der Waals surface area contributed by atoms with Crippen LogP contribution in [0, 0.1) is 96.9 Å². The minimum absolute atomic E-state index is 1.08. The van der Waals surface area contributed by atoms with Crippen molar-refractivity contribution >= 4 is 43.1 Å². The Kier molecular flexibility index (Phi) is 48.3. The maximum Gasteiger partial charge on any atom is 0.0375 e. The summed E-state index contributed by atoms with van der Waals surface area (Å²) < 4.78 is 0. The number of benzene rings is 6. The molecule has 0 saturated carbocycles. The molecule has 0 radical (unpaired) electrons. The van der Waals surface area contributed by atoms with E-state index < -0.39 is 0 Å². The third kappa shape index (κ3) is 33.0. The Labute approximate surface area is 526 Å². The van der Waals surface area contributed by atoms with Crippen LogP contribution >= 0.6 is 0 Å². The third-order valence-corrected chi connectivity index (χ3v) is 11.8. The smallest absolute Gasteiger partial charge is 0.0375 e. The van der Waals surface area contributed by atoms with Crippen LogP contribution in [-0.4, -0.2) is 24.9 Å². The van der Waals surface area contributed by atoms with Gasteiger partial charge in [-0.05, 0) is 227 Å². The average molecular weight is 1160 g/mol. The Hall–Kier alpha value is -7.89. The standard InChI is InChI=1S/2C16H14.5C7H9N.7C2H6/c1-11-3-5-13-10-16-8-12(2)4-6-14(16)9-15(13)7-11;1-11-13-7-3-5-9-15(13)12(2)16-10-6-4-8-14(11)16;1-6-3-7(2)5-8-4-6;1-6-3-4-8-7(2)5-6;2*1-6-3-4-7(2)8-5-6;1-6-4-3-5-7(2)8-6;7*1-2/h2*3-10H,1-2H3;5*3-5H,1-2H3;7*1-2H3. The number of nitrogens with zero attached hydrogens (tertiary/aromatic N) is 5. The summed E-state index contributed by atoms with van der Waals surface area (Å²) in [6.45, 7) is 56.9. The van der Waals surface area contributed by atoms with Crippen molar-refractivity contribution in [3.05, 3.63) is 267 Å². The van der Waals surface area contributed by atoms with Gasteiger partial charge in [-0.3, -0.25) is 24.9 Å². The fourth-order valence-electron chi connectivity index (χ4n) is 7.96. The van der Waals surface area contributed by atoms with Crippen LogP contribution in [0.2, 0.25) is 0 Å². The highest BCUT2D eigenvalue weighted by Crippen LogP contribution is 2.31. The lowest BCUT2D eigenvalue weighted by Crippen LogP contribution is -1.87. The molecule has 0 N–H and O–H groups in total. The first-order valence-electron chi connectivity index (χ1n) is 31.7. The van der Waals surface area contributed by atoms with Crippen LogP contribution in [0.5, 0.6) is 0 Å². The third-order valence-electron chi connectivity index (χ3n) is 11.8. The summed E-state index contributed by atoms with van der Waals surface area (Å²) >= 11 is 0. The van der Waals surface area contributed by atoms with Crippen molar-refractivity contribution in [1.82, 2.24) is 24.9 Å².